The summed E-state index contributed by atoms with van der Waals surface area (Å²) in [4.78, 5) is 23.1. The van der Waals surface area contributed by atoms with Crippen molar-refractivity contribution < 1.29 is 22.5 Å². The van der Waals surface area contributed by atoms with Crippen LogP contribution >= 0.6 is 0 Å². The van der Waals surface area contributed by atoms with Gasteiger partial charge in [0, 0.05) is 24.7 Å². The molecule has 21 heavy (non-hydrogen) atoms. The molecule has 1 heterocycles. The van der Waals surface area contributed by atoms with E-state index in [4.69, 9.17) is 0 Å². The van der Waals surface area contributed by atoms with Crippen molar-refractivity contribution >= 4 is 21.4 Å². The minimum Gasteiger partial charge on any atom is -0.338 e. The fourth-order valence-corrected chi connectivity index (χ4v) is 4.01. The number of nitro benzene ring substituents is 1. The minimum atomic E-state index is -3.14. The molecule has 0 saturated carbocycles. The Morgan fingerprint density at radius 3 is 2.62 bits per heavy atom. The summed E-state index contributed by atoms with van der Waals surface area (Å²) in [5, 5.41) is 10.5. The lowest BCUT2D eigenvalue weighted by Gasteiger charge is -2.23. The number of hydrogen-bond acceptors (Lipinski definition) is 5. The number of amides is 1. The van der Waals surface area contributed by atoms with Crippen LogP contribution in [0.2, 0.25) is 0 Å². The molecule has 1 aliphatic rings. The van der Waals surface area contributed by atoms with Crippen molar-refractivity contribution in [2.24, 2.45) is 0 Å². The Hall–Kier alpha value is -2.03. The smallest absolute Gasteiger partial charge is 0.304 e. The van der Waals surface area contributed by atoms with Gasteiger partial charge in [-0.15, -0.1) is 0 Å². The summed E-state index contributed by atoms with van der Waals surface area (Å²) in [6.07, 6.45) is 0.333. The van der Waals surface area contributed by atoms with Crippen molar-refractivity contribution in [1.82, 2.24) is 4.90 Å². The number of benzene rings is 1. The van der Waals surface area contributed by atoms with Crippen LogP contribution in [-0.2, 0) is 9.84 Å². The van der Waals surface area contributed by atoms with Crippen molar-refractivity contribution in [1.29, 1.82) is 0 Å². The Labute approximate surface area is 120 Å². The number of hydrogen-bond donors (Lipinski definition) is 0. The van der Waals surface area contributed by atoms with E-state index in [9.17, 15) is 27.7 Å². The van der Waals surface area contributed by atoms with Gasteiger partial charge in [0.05, 0.1) is 16.4 Å². The first-order valence-corrected chi connectivity index (χ1v) is 7.95. The number of nitrogens with zero attached hydrogens (tertiary/aromatic N) is 2. The number of sulfone groups is 1. The van der Waals surface area contributed by atoms with E-state index in [1.165, 1.54) is 11.9 Å². The van der Waals surface area contributed by atoms with Gasteiger partial charge >= 0.3 is 5.69 Å². The molecular formula is C12H13FN2O5S. The Kier molecular flexibility index (Phi) is 3.95. The van der Waals surface area contributed by atoms with E-state index in [2.05, 4.69) is 0 Å². The quantitative estimate of drug-likeness (QED) is 0.612. The third-order valence-electron chi connectivity index (χ3n) is 3.47. The van der Waals surface area contributed by atoms with Crippen molar-refractivity contribution in [2.75, 3.05) is 18.6 Å². The van der Waals surface area contributed by atoms with Gasteiger partial charge in [0.2, 0.25) is 5.82 Å². The zero-order chi connectivity index (χ0) is 15.8. The van der Waals surface area contributed by atoms with E-state index in [-0.39, 0.29) is 17.1 Å². The predicted molar refractivity (Wildman–Crippen MR) is 72.2 cm³/mol. The maximum atomic E-state index is 13.5. The summed E-state index contributed by atoms with van der Waals surface area (Å²) in [6, 6.07) is 2.41. The fraction of sp³-hybridized carbons (Fsp3) is 0.417. The molecule has 0 bridgehead atoms. The van der Waals surface area contributed by atoms with Crippen LogP contribution in [0.1, 0.15) is 16.8 Å². The lowest BCUT2D eigenvalue weighted by atomic mass is 10.1. The van der Waals surface area contributed by atoms with Crippen LogP contribution in [-0.4, -0.2) is 48.7 Å². The standard InChI is InChI=1S/C12H13FN2O5S/c1-14(9-4-5-21(19,20)7-9)12(16)8-2-3-11(15(17)18)10(13)6-8/h2-3,6,9H,4-5,7H2,1H3. The highest BCUT2D eigenvalue weighted by molar-refractivity contribution is 7.91. The van der Waals surface area contributed by atoms with Crippen LogP contribution in [0.5, 0.6) is 0 Å². The van der Waals surface area contributed by atoms with Gasteiger partial charge in [-0.05, 0) is 18.6 Å². The van der Waals surface area contributed by atoms with Gasteiger partial charge in [0.25, 0.3) is 5.91 Å². The second kappa shape index (κ2) is 5.40. The van der Waals surface area contributed by atoms with Crippen molar-refractivity contribution in [2.45, 2.75) is 12.5 Å². The number of nitro groups is 1. The Bertz CT molecular complexity index is 704. The average molecular weight is 316 g/mol. The molecule has 7 nitrogen and oxygen atoms in total. The molecule has 2 rings (SSSR count). The average Bonchev–Trinajstić information content (AvgIpc) is 2.76. The van der Waals surface area contributed by atoms with E-state index in [0.29, 0.717) is 6.42 Å². The second-order valence-corrected chi connectivity index (χ2v) is 7.12. The van der Waals surface area contributed by atoms with Gasteiger partial charge in [-0.2, -0.15) is 4.39 Å². The second-order valence-electron chi connectivity index (χ2n) is 4.90. The van der Waals surface area contributed by atoms with Crippen molar-refractivity contribution in [3.63, 3.8) is 0 Å². The highest BCUT2D eigenvalue weighted by Crippen LogP contribution is 2.22. The van der Waals surface area contributed by atoms with E-state index in [0.717, 1.165) is 18.2 Å². The lowest BCUT2D eigenvalue weighted by Crippen LogP contribution is -2.37. The Balaban J connectivity index is 2.20. The SMILES string of the molecule is CN(C(=O)c1ccc([N+](=O)[O-])c(F)c1)C1CCS(=O)(=O)C1. The summed E-state index contributed by atoms with van der Waals surface area (Å²) in [6.45, 7) is 0. The maximum absolute atomic E-state index is 13.5. The van der Waals surface area contributed by atoms with Gasteiger partial charge in [0.15, 0.2) is 9.84 Å². The van der Waals surface area contributed by atoms with Crippen LogP contribution in [0, 0.1) is 15.9 Å². The molecule has 9 heteroatoms. The zero-order valence-corrected chi connectivity index (χ0v) is 12.0. The molecule has 1 amide bonds. The van der Waals surface area contributed by atoms with Gasteiger partial charge in [-0.3, -0.25) is 14.9 Å². The monoisotopic (exact) mass is 316 g/mol. The van der Waals surface area contributed by atoms with Crippen LogP contribution < -0.4 is 0 Å². The van der Waals surface area contributed by atoms with E-state index >= 15 is 0 Å². The number of halogens is 1. The first kappa shape index (κ1) is 15.4. The first-order chi connectivity index (χ1) is 9.71. The molecule has 0 N–H and O–H groups in total. The van der Waals surface area contributed by atoms with Gasteiger partial charge in [-0.25, -0.2) is 8.42 Å². The molecule has 1 aliphatic heterocycles. The summed E-state index contributed by atoms with van der Waals surface area (Å²) in [5.41, 5.74) is -0.762. The number of rotatable bonds is 3. The van der Waals surface area contributed by atoms with Crippen LogP contribution in [0.25, 0.3) is 0 Å². The summed E-state index contributed by atoms with van der Waals surface area (Å²) in [7, 11) is -1.70. The molecule has 1 atom stereocenters. The van der Waals surface area contributed by atoms with Gasteiger partial charge in [-0.1, -0.05) is 0 Å². The predicted octanol–water partition coefficient (Wildman–Crippen LogP) is 0.993. The zero-order valence-electron chi connectivity index (χ0n) is 11.2. The molecular weight excluding hydrogens is 303 g/mol. The molecule has 0 aromatic heterocycles. The largest absolute Gasteiger partial charge is 0.338 e. The van der Waals surface area contributed by atoms with E-state index in [1.807, 2.05) is 0 Å². The van der Waals surface area contributed by atoms with Crippen LogP contribution in [0.3, 0.4) is 0 Å². The van der Waals surface area contributed by atoms with Gasteiger partial charge < -0.3 is 4.90 Å². The summed E-state index contributed by atoms with van der Waals surface area (Å²) < 4.78 is 36.3. The van der Waals surface area contributed by atoms with Crippen LogP contribution in [0.4, 0.5) is 10.1 Å². The first-order valence-electron chi connectivity index (χ1n) is 6.13. The van der Waals surface area contributed by atoms with Gasteiger partial charge in [0.1, 0.15) is 0 Å². The van der Waals surface area contributed by atoms with E-state index in [1.54, 1.807) is 0 Å². The fourth-order valence-electron chi connectivity index (χ4n) is 2.24. The molecule has 114 valence electrons. The minimum absolute atomic E-state index is 0.0178. The number of carbonyl (C=O) groups excluding carboxylic acids is 1. The lowest BCUT2D eigenvalue weighted by molar-refractivity contribution is -0.387. The molecule has 1 unspecified atom stereocenters. The number of carbonyl (C=O) groups is 1. The van der Waals surface area contributed by atoms with Crippen LogP contribution in [0.15, 0.2) is 18.2 Å². The summed E-state index contributed by atoms with van der Waals surface area (Å²) in [5.74, 6) is -1.77. The highest BCUT2D eigenvalue weighted by Gasteiger charge is 2.33. The Morgan fingerprint density at radius 1 is 1.48 bits per heavy atom. The Morgan fingerprint density at radius 2 is 2.14 bits per heavy atom. The normalized spacial score (nSPS) is 20.2. The third-order valence-corrected chi connectivity index (χ3v) is 5.22. The molecule has 0 aliphatic carbocycles. The maximum Gasteiger partial charge on any atom is 0.304 e. The van der Waals surface area contributed by atoms with Crippen molar-refractivity contribution in [3.8, 4) is 0 Å². The molecule has 1 fully saturated rings. The third kappa shape index (κ3) is 3.18. The highest BCUT2D eigenvalue weighted by atomic mass is 32.2. The van der Waals surface area contributed by atoms with E-state index < -0.39 is 38.2 Å². The molecule has 1 aromatic rings. The van der Waals surface area contributed by atoms with Crippen molar-refractivity contribution in [3.05, 3.63) is 39.7 Å². The molecule has 0 spiro atoms. The molecule has 0 radical (unpaired) electrons. The molecule has 1 aromatic carbocycles. The topological polar surface area (TPSA) is 97.6 Å². The summed E-state index contributed by atoms with van der Waals surface area (Å²) >= 11 is 0. The molecule has 1 saturated heterocycles.